The molecular formula is C37H41N11O7. The van der Waals surface area contributed by atoms with Crippen LogP contribution in [0.2, 0.25) is 0 Å². The number of aromatic nitrogens is 8. The van der Waals surface area contributed by atoms with Crippen molar-refractivity contribution in [1.82, 2.24) is 38.7 Å². The molecule has 0 spiro atoms. The van der Waals surface area contributed by atoms with Gasteiger partial charge in [0, 0.05) is 38.2 Å². The summed E-state index contributed by atoms with van der Waals surface area (Å²) in [6, 6.07) is 9.46. The number of amides is 2. The number of hydrogen-bond donors (Lipinski definition) is 5. The zero-order chi connectivity index (χ0) is 39.0. The van der Waals surface area contributed by atoms with E-state index in [1.807, 2.05) is 37.5 Å². The second kappa shape index (κ2) is 15.0. The average Bonchev–Trinajstić information content (AvgIpc) is 3.91. The maximum absolute atomic E-state index is 13.6. The van der Waals surface area contributed by atoms with Gasteiger partial charge in [0.15, 0.2) is 6.23 Å². The van der Waals surface area contributed by atoms with Gasteiger partial charge in [-0.2, -0.15) is 10.2 Å². The number of nitrogens with two attached hydrogens (primary N) is 1. The van der Waals surface area contributed by atoms with Gasteiger partial charge in [-0.15, -0.1) is 0 Å². The Morgan fingerprint density at radius 1 is 0.818 bits per heavy atom. The minimum Gasteiger partial charge on any atom is -0.491 e. The average molecular weight is 752 g/mol. The van der Waals surface area contributed by atoms with E-state index in [2.05, 4.69) is 25.8 Å². The first-order chi connectivity index (χ1) is 26.4. The van der Waals surface area contributed by atoms with Gasteiger partial charge in [0.25, 0.3) is 5.91 Å². The number of aliphatic hydroxyl groups is 1. The van der Waals surface area contributed by atoms with Gasteiger partial charge in [-0.25, -0.2) is 14.8 Å². The number of aliphatic hydroxyl groups excluding tert-OH is 1. The van der Waals surface area contributed by atoms with Crippen molar-refractivity contribution in [2.75, 3.05) is 23.8 Å². The third-order valence-electron chi connectivity index (χ3n) is 9.13. The van der Waals surface area contributed by atoms with Crippen LogP contribution < -0.4 is 25.8 Å². The predicted molar refractivity (Wildman–Crippen MR) is 202 cm³/mol. The Hall–Kier alpha value is -6.69. The van der Waals surface area contributed by atoms with Crippen molar-refractivity contribution in [3.05, 3.63) is 82.5 Å². The van der Waals surface area contributed by atoms with E-state index in [0.29, 0.717) is 70.4 Å². The summed E-state index contributed by atoms with van der Waals surface area (Å²) in [5, 5.41) is 36.1. The molecule has 18 heteroatoms. The lowest BCUT2D eigenvalue weighted by atomic mass is 10.1. The van der Waals surface area contributed by atoms with Gasteiger partial charge in [-0.1, -0.05) is 12.2 Å². The van der Waals surface area contributed by atoms with E-state index in [4.69, 9.17) is 20.2 Å². The highest BCUT2D eigenvalue weighted by Crippen LogP contribution is 2.34. The van der Waals surface area contributed by atoms with Gasteiger partial charge < -0.3 is 39.9 Å². The maximum Gasteiger partial charge on any atom is 0.335 e. The van der Waals surface area contributed by atoms with Gasteiger partial charge in [0.2, 0.25) is 17.8 Å². The molecule has 286 valence electrons. The van der Waals surface area contributed by atoms with Crippen LogP contribution in [0.25, 0.3) is 22.1 Å². The van der Waals surface area contributed by atoms with E-state index in [0.717, 1.165) is 5.69 Å². The number of nitrogens with zero attached hydrogens (tertiary/aromatic N) is 8. The molecule has 55 heavy (non-hydrogen) atoms. The van der Waals surface area contributed by atoms with E-state index in [1.165, 1.54) is 12.1 Å². The molecule has 4 aromatic heterocycles. The molecule has 6 N–H and O–H groups in total. The number of hydrogen-bond acceptors (Lipinski definition) is 11. The number of carbonyl (C=O) groups is 3. The number of rotatable bonds is 9. The summed E-state index contributed by atoms with van der Waals surface area (Å²) in [7, 11) is 0. The highest BCUT2D eigenvalue weighted by molar-refractivity contribution is 6.04. The number of carbonyl (C=O) groups excluding carboxylic acids is 2. The molecule has 0 saturated heterocycles. The summed E-state index contributed by atoms with van der Waals surface area (Å²) < 4.78 is 19.3. The van der Waals surface area contributed by atoms with E-state index in [9.17, 15) is 24.6 Å². The van der Waals surface area contributed by atoms with Gasteiger partial charge in [-0.05, 0) is 64.1 Å². The van der Waals surface area contributed by atoms with Crippen LogP contribution in [0, 0.1) is 13.8 Å². The van der Waals surface area contributed by atoms with Crippen LogP contribution in [-0.2, 0) is 26.2 Å². The SMILES string of the molecule is CCn1nc(C)cc1C(=O)Nc1nc2cc(C(=O)O)cc3c2n1C/C=C/Cn1c(NC(O)c2cc(C)nn2CC)nc2cc(C(N)=O)cc(c21)OCCCO3. The highest BCUT2D eigenvalue weighted by atomic mass is 16.5. The van der Waals surface area contributed by atoms with Crippen LogP contribution in [0.1, 0.15) is 74.8 Å². The molecular weight excluding hydrogens is 710 g/mol. The van der Waals surface area contributed by atoms with Crippen LogP contribution in [0.3, 0.4) is 0 Å². The summed E-state index contributed by atoms with van der Waals surface area (Å²) >= 11 is 0. The Balaban J connectivity index is 1.32. The molecule has 7 rings (SSSR count). The Bertz CT molecular complexity index is 2490. The molecule has 1 atom stereocenters. The van der Waals surface area contributed by atoms with Crippen LogP contribution in [0.4, 0.5) is 11.9 Å². The molecule has 0 bridgehead atoms. The zero-order valence-corrected chi connectivity index (χ0v) is 30.7. The Morgan fingerprint density at radius 2 is 1.38 bits per heavy atom. The van der Waals surface area contributed by atoms with Gasteiger partial charge in [0.1, 0.15) is 28.2 Å². The van der Waals surface area contributed by atoms with E-state index >= 15 is 0 Å². The monoisotopic (exact) mass is 751 g/mol. The van der Waals surface area contributed by atoms with Crippen molar-refractivity contribution in [3.63, 3.8) is 0 Å². The standard InChI is InChI=1S/C37H41N11O7/c1-5-47-26(14-20(3)43-47)33(50)41-36-39-24-16-22(32(38)49)18-28-30(24)45(36)10-7-8-11-46-31-25(17-23(35(52)53)19-29(31)55-13-9-12-54-28)40-37(46)42-34(51)27-15-21(4)44-48(27)6-2/h7-8,14-19,33,50H,5-6,9-13H2,1-4H3,(H2,38,49)(H,39,41)(H,52,53)(H,40,42,51)/b8-7+. The summed E-state index contributed by atoms with van der Waals surface area (Å²) in [6.45, 7) is 9.14. The summed E-state index contributed by atoms with van der Waals surface area (Å²) in [5.74, 6) is -1.20. The normalized spacial score (nSPS) is 14.4. The molecule has 0 aliphatic carbocycles. The van der Waals surface area contributed by atoms with Crippen LogP contribution >= 0.6 is 0 Å². The van der Waals surface area contributed by atoms with Crippen LogP contribution in [-0.4, -0.2) is 79.9 Å². The third-order valence-corrected chi connectivity index (χ3v) is 9.13. The Morgan fingerprint density at radius 3 is 2.00 bits per heavy atom. The fourth-order valence-electron chi connectivity index (χ4n) is 6.66. The number of primary amides is 1. The summed E-state index contributed by atoms with van der Waals surface area (Å²) in [6.07, 6.45) is 2.89. The maximum atomic E-state index is 13.6. The number of benzene rings is 2. The summed E-state index contributed by atoms with van der Waals surface area (Å²) in [5.41, 5.74) is 9.91. The van der Waals surface area contributed by atoms with Crippen molar-refractivity contribution < 1.29 is 34.1 Å². The van der Waals surface area contributed by atoms with Crippen molar-refractivity contribution >= 4 is 51.7 Å². The molecule has 0 radical (unpaired) electrons. The zero-order valence-electron chi connectivity index (χ0n) is 30.7. The largest absolute Gasteiger partial charge is 0.491 e. The summed E-state index contributed by atoms with van der Waals surface area (Å²) in [4.78, 5) is 47.6. The van der Waals surface area contributed by atoms with E-state index < -0.39 is 24.0 Å². The lowest BCUT2D eigenvalue weighted by Crippen LogP contribution is -2.20. The smallest absolute Gasteiger partial charge is 0.335 e. The molecule has 1 unspecified atom stereocenters. The van der Waals surface area contributed by atoms with Gasteiger partial charge in [0.05, 0.1) is 46.9 Å². The highest BCUT2D eigenvalue weighted by Gasteiger charge is 2.24. The molecule has 0 saturated carbocycles. The Kier molecular flexibility index (Phi) is 9.98. The molecule has 18 nitrogen and oxygen atoms in total. The minimum absolute atomic E-state index is 0.0358. The van der Waals surface area contributed by atoms with Crippen LogP contribution in [0.5, 0.6) is 11.5 Å². The molecule has 1 aliphatic heterocycles. The lowest BCUT2D eigenvalue weighted by molar-refractivity contribution is 0.0696. The Labute approximate surface area is 314 Å². The molecule has 1 aliphatic rings. The van der Waals surface area contributed by atoms with E-state index in [-0.39, 0.29) is 49.1 Å². The third kappa shape index (κ3) is 7.18. The molecule has 2 amide bonds. The van der Waals surface area contributed by atoms with Crippen molar-refractivity contribution in [2.45, 2.75) is 66.5 Å². The van der Waals surface area contributed by atoms with E-state index in [1.54, 1.807) is 45.1 Å². The molecule has 5 heterocycles. The number of ether oxygens (including phenoxy) is 2. The van der Waals surface area contributed by atoms with Crippen molar-refractivity contribution in [2.24, 2.45) is 5.73 Å². The van der Waals surface area contributed by atoms with Crippen LogP contribution in [0.15, 0.2) is 48.6 Å². The first kappa shape index (κ1) is 36.7. The fraction of sp³-hybridized carbons (Fsp3) is 0.324. The number of carboxylic acids is 1. The van der Waals surface area contributed by atoms with Gasteiger partial charge >= 0.3 is 5.97 Å². The lowest BCUT2D eigenvalue weighted by Gasteiger charge is -2.16. The fourth-order valence-corrected chi connectivity index (χ4v) is 6.66. The first-order valence-corrected chi connectivity index (χ1v) is 17.8. The molecule has 0 fully saturated rings. The number of nitrogens with one attached hydrogen (secondary N) is 2. The molecule has 6 aromatic rings. The topological polar surface area (TPSA) is 231 Å². The van der Waals surface area contributed by atoms with Gasteiger partial charge in [-0.3, -0.25) is 24.3 Å². The number of imidazole rings is 2. The predicted octanol–water partition coefficient (Wildman–Crippen LogP) is 4.01. The van der Waals surface area contributed by atoms with Crippen molar-refractivity contribution in [1.29, 1.82) is 0 Å². The second-order valence-corrected chi connectivity index (χ2v) is 13.0. The number of allylic oxidation sites excluding steroid dienone is 2. The van der Waals surface area contributed by atoms with Crippen molar-refractivity contribution in [3.8, 4) is 11.5 Å². The number of carboxylic acid groups (broad SMARTS) is 1. The number of aryl methyl sites for hydroxylation is 4. The second-order valence-electron chi connectivity index (χ2n) is 13.0. The minimum atomic E-state index is -1.18. The number of aromatic carboxylic acids is 1. The molecule has 2 aromatic carbocycles. The first-order valence-electron chi connectivity index (χ1n) is 17.8. The number of anilines is 2. The quantitative estimate of drug-likeness (QED) is 0.104.